The summed E-state index contributed by atoms with van der Waals surface area (Å²) in [6.07, 6.45) is 7.46. The Morgan fingerprint density at radius 3 is 2.55 bits per heavy atom. The molecule has 0 aliphatic carbocycles. The molecular weight excluding hydrogens is 494 g/mol. The van der Waals surface area contributed by atoms with E-state index in [1.807, 2.05) is 24.4 Å². The highest BCUT2D eigenvalue weighted by molar-refractivity contribution is 6.74. The van der Waals surface area contributed by atoms with Crippen LogP contribution in [0.1, 0.15) is 40.0 Å². The lowest BCUT2D eigenvalue weighted by Crippen LogP contribution is -2.43. The van der Waals surface area contributed by atoms with Gasteiger partial charge in [-0.1, -0.05) is 32.9 Å². The molecule has 9 heteroatoms. The number of phenols is 1. The topological polar surface area (TPSA) is 75.4 Å². The lowest BCUT2D eigenvalue weighted by Gasteiger charge is -2.37. The fourth-order valence-electron chi connectivity index (χ4n) is 4.60. The molecule has 3 aromatic rings. The summed E-state index contributed by atoms with van der Waals surface area (Å²) in [5, 5.41) is 14.5. The van der Waals surface area contributed by atoms with E-state index in [2.05, 4.69) is 48.8 Å². The van der Waals surface area contributed by atoms with Gasteiger partial charge in [-0.15, -0.1) is 0 Å². The van der Waals surface area contributed by atoms with Crippen molar-refractivity contribution in [1.82, 2.24) is 24.4 Å². The molecule has 38 heavy (non-hydrogen) atoms. The van der Waals surface area contributed by atoms with E-state index in [1.165, 1.54) is 25.9 Å². The van der Waals surface area contributed by atoms with E-state index in [0.717, 1.165) is 50.3 Å². The maximum atomic E-state index is 9.89. The Kier molecular flexibility index (Phi) is 9.46. The summed E-state index contributed by atoms with van der Waals surface area (Å²) < 4.78 is 14.3. The van der Waals surface area contributed by atoms with Gasteiger partial charge in [0.15, 0.2) is 14.0 Å². The SMILES string of the molecule is CC(C)(C)[Si](C)(C)OCCN(CCCN1CCCC1)CCOc1ccn2ncc(-c3cccc(O)c3)c2n1. The number of rotatable bonds is 13. The van der Waals surface area contributed by atoms with E-state index in [4.69, 9.17) is 14.1 Å². The van der Waals surface area contributed by atoms with Crippen LogP contribution in [0.3, 0.4) is 0 Å². The number of ether oxygens (including phenoxy) is 1. The van der Waals surface area contributed by atoms with Gasteiger partial charge in [0, 0.05) is 37.5 Å². The van der Waals surface area contributed by atoms with Crippen LogP contribution >= 0.6 is 0 Å². The highest BCUT2D eigenvalue weighted by atomic mass is 28.4. The predicted molar refractivity (Wildman–Crippen MR) is 155 cm³/mol. The number of nitrogens with zero attached hydrogens (tertiary/aromatic N) is 5. The van der Waals surface area contributed by atoms with Crippen molar-refractivity contribution in [2.24, 2.45) is 0 Å². The van der Waals surface area contributed by atoms with Crippen LogP contribution in [-0.4, -0.2) is 90.3 Å². The van der Waals surface area contributed by atoms with Crippen molar-refractivity contribution in [1.29, 1.82) is 0 Å². The Morgan fingerprint density at radius 2 is 1.82 bits per heavy atom. The van der Waals surface area contributed by atoms with Gasteiger partial charge in [0.2, 0.25) is 5.88 Å². The van der Waals surface area contributed by atoms with Gasteiger partial charge in [-0.2, -0.15) is 10.1 Å². The van der Waals surface area contributed by atoms with Crippen molar-refractivity contribution in [3.8, 4) is 22.8 Å². The number of aromatic hydroxyl groups is 1. The second-order valence-corrected chi connectivity index (χ2v) is 16.7. The maximum absolute atomic E-state index is 9.89. The van der Waals surface area contributed by atoms with Crippen molar-refractivity contribution in [2.45, 2.75) is 58.2 Å². The summed E-state index contributed by atoms with van der Waals surface area (Å²) in [5.41, 5.74) is 2.44. The monoisotopic (exact) mass is 539 g/mol. The van der Waals surface area contributed by atoms with Crippen molar-refractivity contribution >= 4 is 14.0 Å². The molecule has 4 rings (SSSR count). The van der Waals surface area contributed by atoms with Crippen molar-refractivity contribution in [3.63, 3.8) is 0 Å². The number of likely N-dealkylation sites (tertiary alicyclic amines) is 1. The average Bonchev–Trinajstić information content (AvgIpc) is 3.53. The van der Waals surface area contributed by atoms with Gasteiger partial charge >= 0.3 is 0 Å². The minimum atomic E-state index is -1.76. The van der Waals surface area contributed by atoms with Gasteiger partial charge in [-0.3, -0.25) is 4.90 Å². The van der Waals surface area contributed by atoms with Crippen LogP contribution in [0.15, 0.2) is 42.7 Å². The summed E-state index contributed by atoms with van der Waals surface area (Å²) in [6, 6.07) is 8.99. The molecule has 0 radical (unpaired) electrons. The molecule has 0 bridgehead atoms. The summed E-state index contributed by atoms with van der Waals surface area (Å²) in [4.78, 5) is 9.78. The molecule has 1 saturated heterocycles. The number of phenolic OH excluding ortho intramolecular Hbond substituents is 1. The Balaban J connectivity index is 1.35. The Bertz CT molecular complexity index is 1170. The van der Waals surface area contributed by atoms with Gasteiger partial charge in [-0.05, 0) is 81.3 Å². The molecule has 2 aromatic heterocycles. The number of benzene rings is 1. The molecular formula is C29H45N5O3Si. The highest BCUT2D eigenvalue weighted by Crippen LogP contribution is 2.36. The van der Waals surface area contributed by atoms with Crippen LogP contribution in [0.4, 0.5) is 0 Å². The number of aromatic nitrogens is 3. The number of fused-ring (bicyclic) bond motifs is 1. The molecule has 1 fully saturated rings. The van der Waals surface area contributed by atoms with Crippen molar-refractivity contribution in [2.75, 3.05) is 52.5 Å². The van der Waals surface area contributed by atoms with Crippen LogP contribution in [-0.2, 0) is 4.43 Å². The normalized spacial score (nSPS) is 15.1. The molecule has 208 valence electrons. The zero-order valence-corrected chi connectivity index (χ0v) is 24.8. The molecule has 0 saturated carbocycles. The van der Waals surface area contributed by atoms with Crippen LogP contribution < -0.4 is 4.74 Å². The third-order valence-electron chi connectivity index (χ3n) is 7.98. The van der Waals surface area contributed by atoms with E-state index < -0.39 is 8.32 Å². The summed E-state index contributed by atoms with van der Waals surface area (Å²) >= 11 is 0. The van der Waals surface area contributed by atoms with Gasteiger partial charge in [0.05, 0.1) is 6.20 Å². The largest absolute Gasteiger partial charge is 0.508 e. The maximum Gasteiger partial charge on any atom is 0.216 e. The molecule has 0 atom stereocenters. The fourth-order valence-corrected chi connectivity index (χ4v) is 5.63. The first-order valence-corrected chi connectivity index (χ1v) is 16.9. The minimum Gasteiger partial charge on any atom is -0.508 e. The molecule has 1 aliphatic heterocycles. The van der Waals surface area contributed by atoms with Gasteiger partial charge in [0.1, 0.15) is 12.4 Å². The van der Waals surface area contributed by atoms with E-state index >= 15 is 0 Å². The smallest absolute Gasteiger partial charge is 0.216 e. The fraction of sp³-hybridized carbons (Fsp3) is 0.586. The molecule has 0 spiro atoms. The quantitative estimate of drug-likeness (QED) is 0.296. The summed E-state index contributed by atoms with van der Waals surface area (Å²) in [5.74, 6) is 0.797. The summed E-state index contributed by atoms with van der Waals surface area (Å²) in [6.45, 7) is 19.2. The van der Waals surface area contributed by atoms with E-state index in [1.54, 1.807) is 22.8 Å². The second-order valence-electron chi connectivity index (χ2n) is 11.8. The van der Waals surface area contributed by atoms with Crippen LogP contribution in [0, 0.1) is 0 Å². The molecule has 0 amide bonds. The molecule has 3 heterocycles. The summed E-state index contributed by atoms with van der Waals surface area (Å²) in [7, 11) is -1.76. The zero-order valence-electron chi connectivity index (χ0n) is 23.8. The van der Waals surface area contributed by atoms with Gasteiger partial charge in [0.25, 0.3) is 0 Å². The standard InChI is InChI=1S/C29H45N5O3Si/c1-29(2,3)38(4,5)37-21-19-33(16-9-15-32-13-6-7-14-32)18-20-36-27-12-17-34-28(31-27)26(23-30-34)24-10-8-11-25(35)22-24/h8,10-12,17,22-23,35H,6-7,9,13-16,18-21H2,1-5H3. The van der Waals surface area contributed by atoms with E-state index in [-0.39, 0.29) is 10.8 Å². The van der Waals surface area contributed by atoms with Gasteiger partial charge < -0.3 is 19.2 Å². The van der Waals surface area contributed by atoms with Crippen LogP contribution in [0.5, 0.6) is 11.6 Å². The minimum absolute atomic E-state index is 0.214. The van der Waals surface area contributed by atoms with Crippen LogP contribution in [0.25, 0.3) is 16.8 Å². The van der Waals surface area contributed by atoms with Crippen molar-refractivity contribution in [3.05, 3.63) is 42.7 Å². The third-order valence-corrected chi connectivity index (χ3v) is 12.5. The average molecular weight is 540 g/mol. The first-order chi connectivity index (χ1) is 18.1. The lowest BCUT2D eigenvalue weighted by molar-refractivity contribution is 0.162. The molecule has 1 N–H and O–H groups in total. The Morgan fingerprint density at radius 1 is 1.05 bits per heavy atom. The first-order valence-electron chi connectivity index (χ1n) is 14.0. The highest BCUT2D eigenvalue weighted by Gasteiger charge is 2.37. The van der Waals surface area contributed by atoms with Crippen molar-refractivity contribution < 1.29 is 14.3 Å². The van der Waals surface area contributed by atoms with Gasteiger partial charge in [-0.25, -0.2) is 4.52 Å². The van der Waals surface area contributed by atoms with E-state index in [9.17, 15) is 5.11 Å². The first kappa shape index (κ1) is 28.5. The lowest BCUT2D eigenvalue weighted by atomic mass is 10.1. The molecule has 8 nitrogen and oxygen atoms in total. The van der Waals surface area contributed by atoms with Crippen LogP contribution in [0.2, 0.25) is 18.1 Å². The zero-order chi connectivity index (χ0) is 27.2. The Labute approximate surface area is 228 Å². The molecule has 1 aliphatic rings. The molecule has 1 aromatic carbocycles. The number of hydrogen-bond acceptors (Lipinski definition) is 7. The van der Waals surface area contributed by atoms with E-state index in [0.29, 0.717) is 18.1 Å². The number of hydrogen-bond donors (Lipinski definition) is 1. The molecule has 0 unspecified atom stereocenters. The predicted octanol–water partition coefficient (Wildman–Crippen LogP) is 5.29. The third kappa shape index (κ3) is 7.56. The second kappa shape index (κ2) is 12.6. The Hall–Kier alpha value is -2.46.